The van der Waals surface area contributed by atoms with E-state index in [4.69, 9.17) is 10.5 Å². The average molecular weight is 308 g/mol. The predicted octanol–water partition coefficient (Wildman–Crippen LogP) is 1.24. The van der Waals surface area contributed by atoms with E-state index in [1.54, 1.807) is 25.1 Å². The number of ether oxygens (including phenoxy) is 1. The first kappa shape index (κ1) is 15.2. The third kappa shape index (κ3) is 3.13. The summed E-state index contributed by atoms with van der Waals surface area (Å²) in [5.74, 6) is -1.35. The summed E-state index contributed by atoms with van der Waals surface area (Å²) >= 11 is 0. The summed E-state index contributed by atoms with van der Waals surface area (Å²) in [4.78, 5) is 15.9. The number of hydrogen-bond acceptors (Lipinski definition) is 6. The van der Waals surface area contributed by atoms with Gasteiger partial charge in [0.2, 0.25) is 9.84 Å². The van der Waals surface area contributed by atoms with E-state index in [0.717, 1.165) is 0 Å². The fraction of sp³-hybridized carbons (Fsp3) is 0.286. The second kappa shape index (κ2) is 6.09. The highest BCUT2D eigenvalue weighted by molar-refractivity contribution is 7.95. The Bertz CT molecular complexity index is 693. The molecule has 1 aliphatic heterocycles. The van der Waals surface area contributed by atoms with Crippen LogP contribution < -0.4 is 5.73 Å². The highest BCUT2D eigenvalue weighted by Crippen LogP contribution is 2.28. The van der Waals surface area contributed by atoms with E-state index in [2.05, 4.69) is 4.99 Å². The fourth-order valence-electron chi connectivity index (χ4n) is 1.97. The topological polar surface area (TPSA) is 98.8 Å². The number of hydrogen-bond donors (Lipinski definition) is 1. The van der Waals surface area contributed by atoms with E-state index in [1.165, 1.54) is 18.3 Å². The highest BCUT2D eigenvalue weighted by atomic mass is 32.2. The van der Waals surface area contributed by atoms with Gasteiger partial charge in [0.15, 0.2) is 0 Å². The van der Waals surface area contributed by atoms with Crippen molar-refractivity contribution >= 4 is 21.6 Å². The van der Waals surface area contributed by atoms with Gasteiger partial charge in [-0.2, -0.15) is 0 Å². The minimum Gasteiger partial charge on any atom is -0.465 e. The molecule has 0 saturated heterocycles. The van der Waals surface area contributed by atoms with E-state index in [1.807, 2.05) is 0 Å². The Morgan fingerprint density at radius 2 is 2.05 bits per heavy atom. The van der Waals surface area contributed by atoms with Gasteiger partial charge in [-0.1, -0.05) is 18.2 Å². The van der Waals surface area contributed by atoms with Crippen LogP contribution in [0.4, 0.5) is 0 Å². The number of nitrogens with zero attached hydrogens (tertiary/aromatic N) is 1. The molecule has 7 heteroatoms. The number of aliphatic imine (C=N–C) groups is 1. The van der Waals surface area contributed by atoms with Gasteiger partial charge in [0.05, 0.1) is 16.4 Å². The van der Waals surface area contributed by atoms with Gasteiger partial charge in [0, 0.05) is 12.6 Å². The Balaban J connectivity index is 2.32. The Morgan fingerprint density at radius 3 is 2.67 bits per heavy atom. The smallest absolute Gasteiger partial charge is 0.316 e. The third-order valence-electron chi connectivity index (χ3n) is 3.09. The molecule has 1 atom stereocenters. The zero-order valence-electron chi connectivity index (χ0n) is 11.5. The summed E-state index contributed by atoms with van der Waals surface area (Å²) < 4.78 is 29.9. The maximum atomic E-state index is 12.5. The van der Waals surface area contributed by atoms with E-state index in [-0.39, 0.29) is 28.7 Å². The molecule has 6 nitrogen and oxygen atoms in total. The quantitative estimate of drug-likeness (QED) is 0.844. The normalized spacial score (nSPS) is 18.6. The van der Waals surface area contributed by atoms with Gasteiger partial charge in [-0.3, -0.25) is 4.79 Å². The molecule has 0 saturated carbocycles. The number of carbonyl (C=O) groups is 1. The summed E-state index contributed by atoms with van der Waals surface area (Å²) in [6, 6.07) is 7.99. The van der Waals surface area contributed by atoms with Crippen LogP contribution in [-0.4, -0.2) is 26.8 Å². The van der Waals surface area contributed by atoms with Gasteiger partial charge in [0.1, 0.15) is 11.8 Å². The molecule has 1 aromatic carbocycles. The number of amidine groups is 1. The second-order valence-corrected chi connectivity index (χ2v) is 6.48. The zero-order valence-corrected chi connectivity index (χ0v) is 12.3. The highest BCUT2D eigenvalue weighted by Gasteiger charge is 2.33. The molecule has 0 bridgehead atoms. The van der Waals surface area contributed by atoms with Gasteiger partial charge < -0.3 is 10.5 Å². The van der Waals surface area contributed by atoms with Crippen molar-refractivity contribution in [3.63, 3.8) is 0 Å². The molecule has 1 heterocycles. The van der Waals surface area contributed by atoms with Crippen LogP contribution in [0.1, 0.15) is 13.3 Å². The van der Waals surface area contributed by atoms with Crippen molar-refractivity contribution in [1.29, 1.82) is 0 Å². The number of esters is 1. The van der Waals surface area contributed by atoms with Crippen LogP contribution >= 0.6 is 0 Å². The van der Waals surface area contributed by atoms with E-state index in [9.17, 15) is 13.2 Å². The van der Waals surface area contributed by atoms with Crippen LogP contribution in [0.3, 0.4) is 0 Å². The molecule has 0 radical (unpaired) electrons. The molecule has 0 fully saturated rings. The molecular formula is C14H16N2O4S. The Morgan fingerprint density at radius 1 is 1.38 bits per heavy atom. The van der Waals surface area contributed by atoms with Gasteiger partial charge in [-0.05, 0) is 19.1 Å². The molecule has 2 N–H and O–H groups in total. The fourth-order valence-corrected chi connectivity index (χ4v) is 3.37. The summed E-state index contributed by atoms with van der Waals surface area (Å²) in [5.41, 5.74) is 5.66. The van der Waals surface area contributed by atoms with Crippen molar-refractivity contribution in [3.05, 3.63) is 41.4 Å². The van der Waals surface area contributed by atoms with Crippen molar-refractivity contribution in [1.82, 2.24) is 0 Å². The minimum absolute atomic E-state index is 0.0363. The van der Waals surface area contributed by atoms with Crippen molar-refractivity contribution < 1.29 is 17.9 Å². The molecule has 0 aromatic heterocycles. The summed E-state index contributed by atoms with van der Waals surface area (Å²) in [5, 5.41) is 0. The van der Waals surface area contributed by atoms with E-state index in [0.29, 0.717) is 0 Å². The largest absolute Gasteiger partial charge is 0.465 e. The Kier molecular flexibility index (Phi) is 4.42. The summed E-state index contributed by atoms with van der Waals surface area (Å²) in [6.07, 6.45) is 1.17. The number of nitrogens with two attached hydrogens (primary N) is 1. The van der Waals surface area contributed by atoms with Gasteiger partial charge >= 0.3 is 5.97 Å². The number of carbonyl (C=O) groups excluding carboxylic acids is 1. The van der Waals surface area contributed by atoms with Crippen LogP contribution in [0.15, 0.2) is 51.3 Å². The summed E-state index contributed by atoms with van der Waals surface area (Å²) in [7, 11) is -3.68. The standard InChI is InChI=1S/C14H16N2O4S/c1-2-20-14(17)12-8-11(9-16-13(12)15)21(18,19)10-6-4-3-5-7-10/h3-7,9,12H,2,8H2,1H3,(H2,15,16). The lowest BCUT2D eigenvalue weighted by Gasteiger charge is -2.20. The van der Waals surface area contributed by atoms with Crippen molar-refractivity contribution in [2.45, 2.75) is 18.2 Å². The van der Waals surface area contributed by atoms with E-state index < -0.39 is 21.7 Å². The lowest BCUT2D eigenvalue weighted by Crippen LogP contribution is -2.34. The molecule has 0 aliphatic carbocycles. The zero-order chi connectivity index (χ0) is 15.5. The molecule has 1 aromatic rings. The van der Waals surface area contributed by atoms with Crippen molar-refractivity contribution in [2.75, 3.05) is 6.61 Å². The average Bonchev–Trinajstić information content (AvgIpc) is 2.48. The van der Waals surface area contributed by atoms with Crippen molar-refractivity contribution in [3.8, 4) is 0 Å². The van der Waals surface area contributed by atoms with Gasteiger partial charge in [-0.25, -0.2) is 13.4 Å². The Hall–Kier alpha value is -2.15. The monoisotopic (exact) mass is 308 g/mol. The van der Waals surface area contributed by atoms with Crippen molar-refractivity contribution in [2.24, 2.45) is 16.6 Å². The SMILES string of the molecule is CCOC(=O)C1CC(S(=O)(=O)c2ccccc2)=CN=C1N. The first-order chi connectivity index (χ1) is 9.96. The molecule has 21 heavy (non-hydrogen) atoms. The number of benzene rings is 1. The molecular weight excluding hydrogens is 292 g/mol. The second-order valence-electron chi connectivity index (χ2n) is 4.47. The molecule has 1 aliphatic rings. The van der Waals surface area contributed by atoms with Gasteiger partial charge in [0.25, 0.3) is 0 Å². The van der Waals surface area contributed by atoms with Crippen LogP contribution in [0, 0.1) is 5.92 Å². The summed E-state index contributed by atoms with van der Waals surface area (Å²) in [6.45, 7) is 1.87. The number of rotatable bonds is 4. The maximum Gasteiger partial charge on any atom is 0.316 e. The first-order valence-corrected chi connectivity index (χ1v) is 7.94. The third-order valence-corrected chi connectivity index (χ3v) is 4.94. The molecule has 2 rings (SSSR count). The molecule has 1 unspecified atom stereocenters. The minimum atomic E-state index is -3.68. The van der Waals surface area contributed by atoms with Crippen LogP contribution in [0.2, 0.25) is 0 Å². The van der Waals surface area contributed by atoms with Crippen LogP contribution in [0.25, 0.3) is 0 Å². The molecule has 112 valence electrons. The number of allylic oxidation sites excluding steroid dienone is 1. The van der Waals surface area contributed by atoms with Crippen LogP contribution in [-0.2, 0) is 19.4 Å². The van der Waals surface area contributed by atoms with Crippen LogP contribution in [0.5, 0.6) is 0 Å². The molecule has 0 spiro atoms. The lowest BCUT2D eigenvalue weighted by molar-refractivity contribution is -0.145. The maximum absolute atomic E-state index is 12.5. The Labute approximate surface area is 123 Å². The predicted molar refractivity (Wildman–Crippen MR) is 78.1 cm³/mol. The lowest BCUT2D eigenvalue weighted by atomic mass is 10.0. The van der Waals surface area contributed by atoms with E-state index >= 15 is 0 Å². The number of sulfone groups is 1. The molecule has 0 amide bonds. The first-order valence-electron chi connectivity index (χ1n) is 6.45. The van der Waals surface area contributed by atoms with Gasteiger partial charge in [-0.15, -0.1) is 0 Å².